The number of ether oxygens (including phenoxy) is 1. The van der Waals surface area contributed by atoms with Gasteiger partial charge in [0, 0.05) is 6.42 Å². The average Bonchev–Trinajstić information content (AvgIpc) is 2.83. The highest BCUT2D eigenvalue weighted by Gasteiger charge is 2.51. The minimum Gasteiger partial charge on any atom is -0.467 e. The maximum absolute atomic E-state index is 12.0. The zero-order valence-electron chi connectivity index (χ0n) is 14.7. The minimum absolute atomic E-state index is 0.0997. The fourth-order valence-corrected chi connectivity index (χ4v) is 4.60. The Labute approximate surface area is 135 Å². The van der Waals surface area contributed by atoms with Crippen molar-refractivity contribution in [1.29, 1.82) is 0 Å². The summed E-state index contributed by atoms with van der Waals surface area (Å²) >= 11 is 0. The number of hydrogen-bond acceptors (Lipinski definition) is 4. The Hall–Kier alpha value is -0.653. The Morgan fingerprint density at radius 3 is 2.55 bits per heavy atom. The molecule has 4 nitrogen and oxygen atoms in total. The van der Waals surface area contributed by atoms with Crippen LogP contribution in [0.5, 0.6) is 0 Å². The lowest BCUT2D eigenvalue weighted by molar-refractivity contribution is -0.169. The second-order valence-corrected chi connectivity index (χ2v) is 13.0. The molecule has 0 saturated heterocycles. The highest BCUT2D eigenvalue weighted by molar-refractivity contribution is 6.74. The summed E-state index contributed by atoms with van der Waals surface area (Å²) in [6, 6.07) is 0. The molecule has 5 heteroatoms. The van der Waals surface area contributed by atoms with E-state index in [2.05, 4.69) is 39.9 Å². The van der Waals surface area contributed by atoms with E-state index in [1.54, 1.807) is 0 Å². The Bertz CT molecular complexity index is 478. The molecule has 0 aromatic heterocycles. The lowest BCUT2D eigenvalue weighted by atomic mass is 9.74. The molecule has 0 aromatic rings. The van der Waals surface area contributed by atoms with E-state index in [1.807, 2.05) is 0 Å². The Kier molecular flexibility index (Phi) is 4.64. The summed E-state index contributed by atoms with van der Waals surface area (Å²) in [7, 11) is -0.626. The van der Waals surface area contributed by atoms with E-state index in [9.17, 15) is 9.90 Å². The summed E-state index contributed by atoms with van der Waals surface area (Å²) < 4.78 is 11.4. The van der Waals surface area contributed by atoms with Gasteiger partial charge in [-0.15, -0.1) is 0 Å². The topological polar surface area (TPSA) is 55.8 Å². The number of carbonyl (C=O) groups is 1. The third-order valence-electron chi connectivity index (χ3n) is 5.65. The van der Waals surface area contributed by atoms with Crippen molar-refractivity contribution in [1.82, 2.24) is 0 Å². The number of carbonyl (C=O) groups excluding carboxylic acids is 1. The van der Waals surface area contributed by atoms with Crippen molar-refractivity contribution in [3.05, 3.63) is 11.6 Å². The van der Waals surface area contributed by atoms with Gasteiger partial charge in [-0.25, -0.2) is 4.79 Å². The molecule has 0 unspecified atom stereocenters. The third kappa shape index (κ3) is 3.17. The molecule has 0 heterocycles. The van der Waals surface area contributed by atoms with Crippen LogP contribution in [0.15, 0.2) is 11.6 Å². The molecular weight excluding hydrogens is 296 g/mol. The van der Waals surface area contributed by atoms with Crippen LogP contribution >= 0.6 is 0 Å². The van der Waals surface area contributed by atoms with Gasteiger partial charge in [0.2, 0.25) is 0 Å². The van der Waals surface area contributed by atoms with Crippen molar-refractivity contribution in [2.24, 2.45) is 5.92 Å². The molecule has 0 amide bonds. The van der Waals surface area contributed by atoms with E-state index in [0.29, 0.717) is 12.8 Å². The van der Waals surface area contributed by atoms with Gasteiger partial charge in [-0.3, -0.25) is 0 Å². The lowest BCUT2D eigenvalue weighted by Crippen LogP contribution is -2.53. The van der Waals surface area contributed by atoms with Gasteiger partial charge in [0.15, 0.2) is 13.9 Å². The molecule has 0 bridgehead atoms. The van der Waals surface area contributed by atoms with Crippen LogP contribution in [-0.2, 0) is 14.0 Å². The van der Waals surface area contributed by atoms with Crippen LogP contribution in [-0.4, -0.2) is 38.2 Å². The van der Waals surface area contributed by atoms with Gasteiger partial charge in [-0.1, -0.05) is 26.8 Å². The molecule has 0 aliphatic heterocycles. The van der Waals surface area contributed by atoms with Gasteiger partial charge >= 0.3 is 5.97 Å². The Morgan fingerprint density at radius 1 is 1.36 bits per heavy atom. The number of aliphatic hydroxyl groups is 1. The van der Waals surface area contributed by atoms with E-state index in [1.165, 1.54) is 12.7 Å². The van der Waals surface area contributed by atoms with E-state index >= 15 is 0 Å². The molecule has 126 valence electrons. The Balaban J connectivity index is 2.26. The first-order chi connectivity index (χ1) is 10.00. The highest BCUT2D eigenvalue weighted by Crippen LogP contribution is 2.47. The van der Waals surface area contributed by atoms with Crippen LogP contribution in [0.4, 0.5) is 0 Å². The second-order valence-electron chi connectivity index (χ2n) is 8.28. The molecule has 1 saturated carbocycles. The first-order valence-corrected chi connectivity index (χ1v) is 11.1. The lowest BCUT2D eigenvalue weighted by Gasteiger charge is -2.45. The number of methoxy groups -OCH3 is 1. The van der Waals surface area contributed by atoms with Crippen molar-refractivity contribution in [2.75, 3.05) is 7.11 Å². The molecule has 1 fully saturated rings. The average molecular weight is 327 g/mol. The summed E-state index contributed by atoms with van der Waals surface area (Å²) in [6.45, 7) is 11.0. The molecule has 2 aliphatic carbocycles. The maximum Gasteiger partial charge on any atom is 0.337 e. The summed E-state index contributed by atoms with van der Waals surface area (Å²) in [5, 5.41) is 10.9. The van der Waals surface area contributed by atoms with Crippen molar-refractivity contribution in [3.63, 3.8) is 0 Å². The summed E-state index contributed by atoms with van der Waals surface area (Å²) in [4.78, 5) is 12.0. The van der Waals surface area contributed by atoms with Gasteiger partial charge in [0.05, 0.1) is 13.2 Å². The highest BCUT2D eigenvalue weighted by atomic mass is 28.4. The molecule has 2 aliphatic rings. The first kappa shape index (κ1) is 17.7. The van der Waals surface area contributed by atoms with Gasteiger partial charge in [-0.05, 0) is 48.9 Å². The Morgan fingerprint density at radius 2 is 2.00 bits per heavy atom. The summed E-state index contributed by atoms with van der Waals surface area (Å²) in [5.41, 5.74) is -0.118. The molecule has 1 N–H and O–H groups in total. The number of hydrogen-bond donors (Lipinski definition) is 1. The van der Waals surface area contributed by atoms with Crippen LogP contribution in [0.25, 0.3) is 0 Å². The molecule has 22 heavy (non-hydrogen) atoms. The molecule has 0 radical (unpaired) electrons. The normalized spacial score (nSPS) is 32.4. The number of fused-ring (bicyclic) bond motifs is 1. The van der Waals surface area contributed by atoms with Crippen LogP contribution < -0.4 is 0 Å². The molecular formula is C17H30O4Si. The predicted octanol–water partition coefficient (Wildman–Crippen LogP) is 3.41. The smallest absolute Gasteiger partial charge is 0.337 e. The predicted molar refractivity (Wildman–Crippen MR) is 89.1 cm³/mol. The maximum atomic E-state index is 12.0. The fourth-order valence-electron chi connectivity index (χ4n) is 3.31. The zero-order chi connectivity index (χ0) is 16.8. The number of rotatable bonds is 3. The van der Waals surface area contributed by atoms with Crippen molar-refractivity contribution >= 4 is 14.3 Å². The van der Waals surface area contributed by atoms with Gasteiger partial charge in [0.1, 0.15) is 0 Å². The van der Waals surface area contributed by atoms with E-state index in [0.717, 1.165) is 12.8 Å². The largest absolute Gasteiger partial charge is 0.467 e. The molecule has 3 atom stereocenters. The van der Waals surface area contributed by atoms with Gasteiger partial charge in [-0.2, -0.15) is 0 Å². The summed E-state index contributed by atoms with van der Waals surface area (Å²) in [5.74, 6) is -0.283. The minimum atomic E-state index is -1.96. The van der Waals surface area contributed by atoms with Gasteiger partial charge < -0.3 is 14.3 Å². The molecule has 0 aromatic carbocycles. The molecule has 0 spiro atoms. The first-order valence-electron chi connectivity index (χ1n) is 8.19. The summed E-state index contributed by atoms with van der Waals surface area (Å²) in [6.07, 6.45) is 4.86. The van der Waals surface area contributed by atoms with Crippen LogP contribution in [0.3, 0.4) is 0 Å². The monoisotopic (exact) mass is 326 g/mol. The van der Waals surface area contributed by atoms with E-state index in [-0.39, 0.29) is 17.1 Å². The van der Waals surface area contributed by atoms with Crippen molar-refractivity contribution in [2.45, 2.75) is 76.3 Å². The second kappa shape index (κ2) is 5.76. The third-order valence-corrected chi connectivity index (χ3v) is 10.1. The number of esters is 1. The van der Waals surface area contributed by atoms with E-state index < -0.39 is 19.9 Å². The zero-order valence-corrected chi connectivity index (χ0v) is 15.7. The van der Waals surface area contributed by atoms with Crippen molar-refractivity contribution < 1.29 is 19.1 Å². The van der Waals surface area contributed by atoms with Crippen LogP contribution in [0, 0.1) is 5.92 Å². The van der Waals surface area contributed by atoms with E-state index in [4.69, 9.17) is 9.16 Å². The SMILES string of the molecule is COC(=O)[C@]1(O)C[C@@H]2CCC=C2[C@H](O[Si](C)(C)C(C)(C)C)C1. The molecule has 2 rings (SSSR count). The van der Waals surface area contributed by atoms with Crippen LogP contribution in [0.2, 0.25) is 18.1 Å². The number of allylic oxidation sites excluding steroid dienone is 1. The standard InChI is InChI=1S/C17H30O4Si/c1-16(2,3)22(5,6)21-14-11-17(19,15(18)20-4)10-12-8-7-9-13(12)14/h9,12,14,19H,7-8,10-11H2,1-6H3/t12-,14+,17-/m0/s1. The fraction of sp³-hybridized carbons (Fsp3) is 0.824. The van der Waals surface area contributed by atoms with Gasteiger partial charge in [0.25, 0.3) is 0 Å². The van der Waals surface area contributed by atoms with Crippen LogP contribution in [0.1, 0.15) is 46.5 Å². The van der Waals surface area contributed by atoms with Crippen molar-refractivity contribution in [3.8, 4) is 0 Å². The quantitative estimate of drug-likeness (QED) is 0.490.